The quantitative estimate of drug-likeness (QED) is 0.558. The predicted octanol–water partition coefficient (Wildman–Crippen LogP) is 1.24. The molecule has 1 N–H and O–H groups in total. The number of alkyl halides is 3. The molecule has 3 heterocycles. The Labute approximate surface area is 158 Å². The van der Waals surface area contributed by atoms with Gasteiger partial charge in [0, 0.05) is 51.8 Å². The van der Waals surface area contributed by atoms with Crippen molar-refractivity contribution < 1.29 is 26.3 Å². The van der Waals surface area contributed by atoms with Crippen LogP contribution in [0.2, 0.25) is 0 Å². The van der Waals surface area contributed by atoms with Crippen molar-refractivity contribution in [1.29, 1.82) is 0 Å². The first-order valence-electron chi connectivity index (χ1n) is 9.27. The van der Waals surface area contributed by atoms with Crippen LogP contribution in [0, 0.1) is 11.3 Å². The summed E-state index contributed by atoms with van der Waals surface area (Å²) in [5.74, 6) is 0.914. The lowest BCUT2D eigenvalue weighted by Gasteiger charge is -2.32. The van der Waals surface area contributed by atoms with Gasteiger partial charge in [-0.15, -0.1) is 0 Å². The molecule has 3 rings (SSSR count). The van der Waals surface area contributed by atoms with Crippen molar-refractivity contribution in [2.24, 2.45) is 16.3 Å². The van der Waals surface area contributed by atoms with Gasteiger partial charge in [0.25, 0.3) is 0 Å². The molecule has 3 fully saturated rings. The van der Waals surface area contributed by atoms with E-state index in [9.17, 15) is 21.6 Å². The van der Waals surface area contributed by atoms with Crippen molar-refractivity contribution in [3.63, 3.8) is 0 Å². The summed E-state index contributed by atoms with van der Waals surface area (Å²) in [7, 11) is -3.50. The molecule has 11 heteroatoms. The van der Waals surface area contributed by atoms with Crippen LogP contribution in [0.3, 0.4) is 0 Å². The first kappa shape index (κ1) is 20.7. The normalized spacial score (nSPS) is 29.0. The highest BCUT2D eigenvalue weighted by Crippen LogP contribution is 2.38. The van der Waals surface area contributed by atoms with Crippen molar-refractivity contribution in [3.05, 3.63) is 0 Å². The van der Waals surface area contributed by atoms with E-state index in [4.69, 9.17) is 4.74 Å². The summed E-state index contributed by atoms with van der Waals surface area (Å²) in [6, 6.07) is 0. The van der Waals surface area contributed by atoms with E-state index in [1.807, 2.05) is 0 Å². The smallest absolute Gasteiger partial charge is 0.381 e. The highest BCUT2D eigenvalue weighted by molar-refractivity contribution is 7.90. The lowest BCUT2D eigenvalue weighted by Crippen LogP contribution is -2.47. The Hall–Kier alpha value is -1.07. The summed E-state index contributed by atoms with van der Waals surface area (Å²) in [4.78, 5) is 6.54. The highest BCUT2D eigenvalue weighted by Gasteiger charge is 2.50. The molecule has 27 heavy (non-hydrogen) atoms. The molecule has 0 saturated carbocycles. The average molecular weight is 412 g/mol. The van der Waals surface area contributed by atoms with Gasteiger partial charge in [0.2, 0.25) is 0 Å². The van der Waals surface area contributed by atoms with E-state index >= 15 is 0 Å². The predicted molar refractivity (Wildman–Crippen MR) is 94.7 cm³/mol. The lowest BCUT2D eigenvalue weighted by atomic mass is 9.87. The van der Waals surface area contributed by atoms with Crippen LogP contribution in [-0.2, 0) is 14.8 Å². The van der Waals surface area contributed by atoms with E-state index in [0.717, 1.165) is 45.1 Å². The Morgan fingerprint density at radius 2 is 1.96 bits per heavy atom. The molecule has 0 aromatic heterocycles. The van der Waals surface area contributed by atoms with Crippen LogP contribution in [-0.4, -0.2) is 82.1 Å². The van der Waals surface area contributed by atoms with Gasteiger partial charge in [0.15, 0.2) is 5.96 Å². The van der Waals surface area contributed by atoms with Gasteiger partial charge in [-0.3, -0.25) is 4.99 Å². The topological polar surface area (TPSA) is 74.2 Å². The van der Waals surface area contributed by atoms with Crippen LogP contribution in [0.15, 0.2) is 4.99 Å². The Kier molecular flexibility index (Phi) is 5.93. The zero-order chi connectivity index (χ0) is 19.7. The number of nitrogens with zero attached hydrogens (tertiary/aromatic N) is 3. The van der Waals surface area contributed by atoms with Gasteiger partial charge >= 0.3 is 15.5 Å². The van der Waals surface area contributed by atoms with E-state index in [1.165, 1.54) is 0 Å². The third kappa shape index (κ3) is 4.34. The third-order valence-corrected chi connectivity index (χ3v) is 7.52. The molecule has 0 amide bonds. The number of nitrogens with one attached hydrogen (secondary N) is 1. The second-order valence-electron chi connectivity index (χ2n) is 7.70. The largest absolute Gasteiger partial charge is 0.511 e. The molecule has 0 bridgehead atoms. The SMILES string of the molecule is CN=C(NCC1CCN(S(=O)(=O)C(F)(F)F)CC1)N1CCC2(CCOC2)C1. The van der Waals surface area contributed by atoms with E-state index < -0.39 is 15.5 Å². The number of piperidine rings is 1. The number of hydrogen-bond donors (Lipinski definition) is 1. The van der Waals surface area contributed by atoms with Crippen molar-refractivity contribution >= 4 is 16.0 Å². The molecule has 3 saturated heterocycles. The molecule has 156 valence electrons. The Morgan fingerprint density at radius 3 is 2.52 bits per heavy atom. The molecule has 1 unspecified atom stereocenters. The maximum Gasteiger partial charge on any atom is 0.511 e. The minimum atomic E-state index is -5.23. The third-order valence-electron chi connectivity index (χ3n) is 5.89. The van der Waals surface area contributed by atoms with Crippen molar-refractivity contribution in [3.8, 4) is 0 Å². The Morgan fingerprint density at radius 1 is 1.26 bits per heavy atom. The number of hydrogen-bond acceptors (Lipinski definition) is 4. The summed E-state index contributed by atoms with van der Waals surface area (Å²) in [6.07, 6.45) is 2.93. The number of rotatable bonds is 3. The summed E-state index contributed by atoms with van der Waals surface area (Å²) < 4.78 is 67.0. The van der Waals surface area contributed by atoms with E-state index in [2.05, 4.69) is 15.2 Å². The zero-order valence-corrected chi connectivity index (χ0v) is 16.3. The van der Waals surface area contributed by atoms with Crippen LogP contribution in [0.1, 0.15) is 25.7 Å². The van der Waals surface area contributed by atoms with E-state index in [0.29, 0.717) is 23.7 Å². The second kappa shape index (κ2) is 7.75. The summed E-state index contributed by atoms with van der Waals surface area (Å²) in [5, 5.41) is 3.32. The molecule has 1 atom stereocenters. The van der Waals surface area contributed by atoms with Gasteiger partial charge < -0.3 is 15.0 Å². The van der Waals surface area contributed by atoms with Crippen LogP contribution >= 0.6 is 0 Å². The molecule has 0 aromatic carbocycles. The molecular formula is C16H27F3N4O3S. The van der Waals surface area contributed by atoms with Gasteiger partial charge in [-0.25, -0.2) is 8.42 Å². The first-order chi connectivity index (χ1) is 12.7. The molecule has 3 aliphatic heterocycles. The highest BCUT2D eigenvalue weighted by atomic mass is 32.2. The van der Waals surface area contributed by atoms with Gasteiger partial charge in [-0.1, -0.05) is 0 Å². The van der Waals surface area contributed by atoms with Crippen molar-refractivity contribution in [2.75, 3.05) is 53.0 Å². The molecule has 0 radical (unpaired) electrons. The maximum absolute atomic E-state index is 12.6. The van der Waals surface area contributed by atoms with Gasteiger partial charge in [0.1, 0.15) is 0 Å². The minimum absolute atomic E-state index is 0.100. The number of halogens is 3. The van der Waals surface area contributed by atoms with Crippen LogP contribution in [0.4, 0.5) is 13.2 Å². The molecule has 0 aliphatic carbocycles. The van der Waals surface area contributed by atoms with Gasteiger partial charge in [-0.05, 0) is 31.6 Å². The number of guanidine groups is 1. The Balaban J connectivity index is 1.47. The van der Waals surface area contributed by atoms with Crippen molar-refractivity contribution in [2.45, 2.75) is 31.2 Å². The number of sulfonamides is 1. The Bertz CT molecular complexity index is 654. The molecule has 0 aromatic rings. The number of likely N-dealkylation sites (tertiary alicyclic amines) is 1. The van der Waals surface area contributed by atoms with Gasteiger partial charge in [-0.2, -0.15) is 17.5 Å². The lowest BCUT2D eigenvalue weighted by molar-refractivity contribution is -0.0496. The monoisotopic (exact) mass is 412 g/mol. The summed E-state index contributed by atoms with van der Waals surface area (Å²) in [6.45, 7) is 3.77. The van der Waals surface area contributed by atoms with Crippen LogP contribution < -0.4 is 5.32 Å². The fourth-order valence-corrected chi connectivity index (χ4v) is 5.14. The van der Waals surface area contributed by atoms with E-state index in [-0.39, 0.29) is 24.4 Å². The van der Waals surface area contributed by atoms with Crippen LogP contribution in [0.5, 0.6) is 0 Å². The van der Waals surface area contributed by atoms with Gasteiger partial charge in [0.05, 0.1) is 6.61 Å². The fraction of sp³-hybridized carbons (Fsp3) is 0.938. The molecule has 7 nitrogen and oxygen atoms in total. The molecule has 3 aliphatic rings. The minimum Gasteiger partial charge on any atom is -0.381 e. The zero-order valence-electron chi connectivity index (χ0n) is 15.5. The maximum atomic E-state index is 12.6. The average Bonchev–Trinajstić information content (AvgIpc) is 3.25. The molecular weight excluding hydrogens is 385 g/mol. The fourth-order valence-electron chi connectivity index (χ4n) is 4.16. The standard InChI is InChI=1S/C16H27F3N4O3S/c1-20-14(22-8-4-15(11-22)5-9-26-12-15)21-10-13-2-6-23(7-3-13)27(24,25)16(17,18)19/h13H,2-12H2,1H3,(H,20,21). The van der Waals surface area contributed by atoms with Crippen molar-refractivity contribution in [1.82, 2.24) is 14.5 Å². The first-order valence-corrected chi connectivity index (χ1v) is 10.7. The molecule has 1 spiro atoms. The second-order valence-corrected chi connectivity index (χ2v) is 9.62. The van der Waals surface area contributed by atoms with Crippen LogP contribution in [0.25, 0.3) is 0 Å². The number of aliphatic imine (C=N–C) groups is 1. The summed E-state index contributed by atoms with van der Waals surface area (Å²) >= 11 is 0. The van der Waals surface area contributed by atoms with E-state index in [1.54, 1.807) is 7.05 Å². The number of ether oxygens (including phenoxy) is 1. The summed E-state index contributed by atoms with van der Waals surface area (Å²) in [5.41, 5.74) is -5.01.